The Balaban J connectivity index is 2.30. The van der Waals surface area contributed by atoms with E-state index in [9.17, 15) is 37.2 Å². The number of nitrogens with zero attached hydrogens (tertiary/aromatic N) is 1. The van der Waals surface area contributed by atoms with Crippen LogP contribution in [0.15, 0.2) is 41.8 Å². The van der Waals surface area contributed by atoms with Gasteiger partial charge >= 0.3 is 18.0 Å². The second kappa shape index (κ2) is 18.5. The van der Waals surface area contributed by atoms with Crippen molar-refractivity contribution in [1.29, 1.82) is 0 Å². The monoisotopic (exact) mass is 764 g/mol. The van der Waals surface area contributed by atoms with Gasteiger partial charge in [0.15, 0.2) is 9.84 Å². The predicted molar refractivity (Wildman–Crippen MR) is 197 cm³/mol. The Morgan fingerprint density at radius 1 is 0.849 bits per heavy atom. The van der Waals surface area contributed by atoms with E-state index in [-0.39, 0.29) is 26.0 Å². The molecule has 1 heterocycles. The van der Waals surface area contributed by atoms with Crippen molar-refractivity contribution in [3.63, 3.8) is 0 Å². The van der Waals surface area contributed by atoms with Gasteiger partial charge in [0, 0.05) is 18.2 Å². The number of hydrogen-bond acceptors (Lipinski definition) is 11. The zero-order valence-electron chi connectivity index (χ0n) is 32.4. The lowest BCUT2D eigenvalue weighted by molar-refractivity contribution is -0.157. The summed E-state index contributed by atoms with van der Waals surface area (Å²) in [5, 5.41) is 8.66. The molecule has 15 nitrogen and oxygen atoms in total. The molecule has 16 heteroatoms. The third kappa shape index (κ3) is 16.8. The average Bonchev–Trinajstić information content (AvgIpc) is 3.49. The van der Waals surface area contributed by atoms with Crippen LogP contribution in [-0.2, 0) is 54.6 Å². The van der Waals surface area contributed by atoms with Crippen LogP contribution in [0.5, 0.6) is 0 Å². The molecule has 53 heavy (non-hydrogen) atoms. The molecule has 4 amide bonds. The van der Waals surface area contributed by atoms with Crippen molar-refractivity contribution in [2.75, 3.05) is 12.8 Å². The van der Waals surface area contributed by atoms with E-state index in [1.54, 1.807) is 92.6 Å². The van der Waals surface area contributed by atoms with Gasteiger partial charge in [-0.1, -0.05) is 57.2 Å². The van der Waals surface area contributed by atoms with Crippen molar-refractivity contribution in [1.82, 2.24) is 20.9 Å². The molecular weight excluding hydrogens is 708 g/mol. The zero-order valence-corrected chi connectivity index (χ0v) is 33.3. The predicted octanol–water partition coefficient (Wildman–Crippen LogP) is 3.31. The topological polar surface area (TPSA) is 204 Å². The number of amides is 4. The minimum absolute atomic E-state index is 0.0996. The first-order chi connectivity index (χ1) is 24.2. The van der Waals surface area contributed by atoms with Crippen molar-refractivity contribution in [3.8, 4) is 0 Å². The van der Waals surface area contributed by atoms with Crippen LogP contribution in [0.2, 0.25) is 0 Å². The van der Waals surface area contributed by atoms with Gasteiger partial charge < -0.3 is 35.1 Å². The van der Waals surface area contributed by atoms with Crippen molar-refractivity contribution >= 4 is 45.6 Å². The van der Waals surface area contributed by atoms with Gasteiger partial charge in [0.1, 0.15) is 35.9 Å². The fourth-order valence-corrected chi connectivity index (χ4v) is 5.75. The molecule has 1 fully saturated rings. The lowest BCUT2D eigenvalue weighted by Gasteiger charge is -2.36. The van der Waals surface area contributed by atoms with Crippen molar-refractivity contribution in [2.45, 2.75) is 130 Å². The molecule has 2 unspecified atom stereocenters. The van der Waals surface area contributed by atoms with E-state index in [0.717, 1.165) is 11.7 Å². The Hall–Kier alpha value is -4.47. The SMILES string of the molecule is CC(C)(C)OC(=O)CC(NC(=O)OCc1ccccc1)C(=O)NC(C(=O)N1CCC[C@@H]1C(=O)N[C@H](/C=C/S(C)(=O)=O)CC(=O)OC(C)(C)C)C(C)(C)C. The van der Waals surface area contributed by atoms with E-state index < -0.39 is 92.8 Å². The normalized spacial score (nSPS) is 16.9. The summed E-state index contributed by atoms with van der Waals surface area (Å²) >= 11 is 0. The molecule has 0 spiro atoms. The first kappa shape index (κ1) is 44.7. The number of rotatable bonds is 14. The highest BCUT2D eigenvalue weighted by Crippen LogP contribution is 2.26. The molecule has 296 valence electrons. The third-order valence-electron chi connectivity index (χ3n) is 7.54. The Labute approximate surface area is 312 Å². The highest BCUT2D eigenvalue weighted by Gasteiger charge is 2.43. The van der Waals surface area contributed by atoms with Gasteiger partial charge in [-0.2, -0.15) is 0 Å². The zero-order chi connectivity index (χ0) is 40.4. The number of esters is 2. The number of carbonyl (C=O) groups excluding carboxylic acids is 6. The fraction of sp³-hybridized carbons (Fsp3) is 0.622. The van der Waals surface area contributed by atoms with E-state index in [1.807, 2.05) is 0 Å². The third-order valence-corrected chi connectivity index (χ3v) is 8.19. The summed E-state index contributed by atoms with van der Waals surface area (Å²) in [6, 6.07) is 4.04. The maximum Gasteiger partial charge on any atom is 0.408 e. The summed E-state index contributed by atoms with van der Waals surface area (Å²) in [5.74, 6) is -3.53. The number of sulfone groups is 1. The molecule has 1 aliphatic rings. The average molecular weight is 765 g/mol. The highest BCUT2D eigenvalue weighted by atomic mass is 32.2. The first-order valence-electron chi connectivity index (χ1n) is 17.4. The number of hydrogen-bond donors (Lipinski definition) is 3. The molecule has 0 radical (unpaired) electrons. The van der Waals surface area contributed by atoms with Gasteiger partial charge in [0.05, 0.1) is 18.9 Å². The Kier molecular flexibility index (Phi) is 15.6. The van der Waals surface area contributed by atoms with E-state index in [1.165, 1.54) is 11.0 Å². The molecule has 2 rings (SSSR count). The number of benzene rings is 1. The van der Waals surface area contributed by atoms with Gasteiger partial charge in [-0.05, 0) is 65.4 Å². The number of ether oxygens (including phenoxy) is 3. The summed E-state index contributed by atoms with van der Waals surface area (Å²) in [6.45, 7) is 15.2. The quantitative estimate of drug-likeness (QED) is 0.185. The van der Waals surface area contributed by atoms with E-state index >= 15 is 0 Å². The number of nitrogens with one attached hydrogen (secondary N) is 3. The minimum atomic E-state index is -3.61. The van der Waals surface area contributed by atoms with E-state index in [0.29, 0.717) is 12.0 Å². The maximum atomic E-state index is 14.2. The largest absolute Gasteiger partial charge is 0.460 e. The summed E-state index contributed by atoms with van der Waals surface area (Å²) in [6.07, 6.45) is 0.945. The molecule has 1 aromatic carbocycles. The molecule has 1 aliphatic heterocycles. The van der Waals surface area contributed by atoms with Gasteiger partial charge in [-0.15, -0.1) is 0 Å². The fourth-order valence-electron chi connectivity index (χ4n) is 5.27. The second-order valence-electron chi connectivity index (χ2n) is 16.1. The van der Waals surface area contributed by atoms with Crippen molar-refractivity contribution < 1.29 is 51.4 Å². The van der Waals surface area contributed by atoms with Crippen LogP contribution in [0, 0.1) is 5.41 Å². The summed E-state index contributed by atoms with van der Waals surface area (Å²) in [4.78, 5) is 81.2. The first-order valence-corrected chi connectivity index (χ1v) is 19.4. The molecule has 0 saturated carbocycles. The van der Waals surface area contributed by atoms with Crippen LogP contribution in [0.3, 0.4) is 0 Å². The summed E-state index contributed by atoms with van der Waals surface area (Å²) < 4.78 is 39.7. The van der Waals surface area contributed by atoms with Gasteiger partial charge in [-0.3, -0.25) is 24.0 Å². The van der Waals surface area contributed by atoms with Crippen LogP contribution in [0.25, 0.3) is 0 Å². The van der Waals surface area contributed by atoms with Gasteiger partial charge in [-0.25, -0.2) is 13.2 Å². The summed E-state index contributed by atoms with van der Waals surface area (Å²) in [7, 11) is -3.61. The molecule has 0 aliphatic carbocycles. The number of likely N-dealkylation sites (tertiary alicyclic amines) is 1. The van der Waals surface area contributed by atoms with Crippen LogP contribution >= 0.6 is 0 Å². The Bertz CT molecular complexity index is 1610. The number of carbonyl (C=O) groups is 6. The van der Waals surface area contributed by atoms with E-state index in [2.05, 4.69) is 16.0 Å². The van der Waals surface area contributed by atoms with Crippen LogP contribution in [-0.4, -0.2) is 97.2 Å². The molecular formula is C37H56N4O11S. The van der Waals surface area contributed by atoms with E-state index in [4.69, 9.17) is 14.2 Å². The lowest BCUT2D eigenvalue weighted by atomic mass is 9.85. The highest BCUT2D eigenvalue weighted by molar-refractivity contribution is 7.93. The van der Waals surface area contributed by atoms with Crippen LogP contribution in [0.4, 0.5) is 4.79 Å². The molecule has 1 saturated heterocycles. The summed E-state index contributed by atoms with van der Waals surface area (Å²) in [5.41, 5.74) is -1.93. The second-order valence-corrected chi connectivity index (χ2v) is 18.0. The lowest BCUT2D eigenvalue weighted by Crippen LogP contribution is -2.60. The molecule has 1 aromatic rings. The van der Waals surface area contributed by atoms with Crippen LogP contribution < -0.4 is 16.0 Å². The van der Waals surface area contributed by atoms with Gasteiger partial charge in [0.25, 0.3) is 0 Å². The Morgan fingerprint density at radius 3 is 1.94 bits per heavy atom. The van der Waals surface area contributed by atoms with Crippen molar-refractivity contribution in [3.05, 3.63) is 47.4 Å². The maximum absolute atomic E-state index is 14.2. The van der Waals surface area contributed by atoms with Gasteiger partial charge in [0.2, 0.25) is 17.7 Å². The van der Waals surface area contributed by atoms with Crippen LogP contribution in [0.1, 0.15) is 93.6 Å². The molecule has 0 bridgehead atoms. The molecule has 3 N–H and O–H groups in total. The van der Waals surface area contributed by atoms with Crippen molar-refractivity contribution in [2.24, 2.45) is 5.41 Å². The molecule has 0 aromatic heterocycles. The smallest absolute Gasteiger partial charge is 0.408 e. The minimum Gasteiger partial charge on any atom is -0.460 e. The standard InChI is InChI=1S/C37H56N4O11S/c1-35(2,3)30(40-31(44)26(22-29(43)52-37(7,8)9)39-34(47)50-23-24-15-12-11-13-16-24)33(46)41-19-14-17-27(41)32(45)38-25(18-20-53(10,48)49)21-28(42)51-36(4,5)6/h11-13,15-16,18,20,25-27,30H,14,17,19,21-23H2,1-10H3,(H,38,45)(H,39,47)(H,40,44)/b20-18+/t25-,26?,27-,30?/m1/s1. The number of alkyl carbamates (subject to hydrolysis) is 1. The Morgan fingerprint density at radius 2 is 1.42 bits per heavy atom. The molecule has 4 atom stereocenters.